The number of carbonyl (C=O) groups is 1. The first kappa shape index (κ1) is 9.89. The predicted molar refractivity (Wildman–Crippen MR) is 48.4 cm³/mol. The van der Waals surface area contributed by atoms with Crippen molar-refractivity contribution in [3.05, 3.63) is 36.5 Å². The molecule has 0 atom stereocenters. The normalized spacial score (nSPS) is 10.9. The Morgan fingerprint density at radius 2 is 2.09 bits per heavy atom. The molecule has 1 heteroatoms. The molecule has 0 saturated heterocycles. The first-order chi connectivity index (χ1) is 5.11. The number of Topliss-reactive ketones (excluding diaryl/α,β-unsaturated/α-hetero) is 1. The van der Waals surface area contributed by atoms with Crippen LogP contribution in [-0.2, 0) is 4.79 Å². The minimum atomic E-state index is 0.114. The Kier molecular flexibility index (Phi) is 4.20. The fourth-order valence-electron chi connectivity index (χ4n) is 0.723. The van der Waals surface area contributed by atoms with Gasteiger partial charge in [0, 0.05) is 12.0 Å². The van der Waals surface area contributed by atoms with Crippen molar-refractivity contribution in [1.82, 2.24) is 0 Å². The maximum absolute atomic E-state index is 11.1. The summed E-state index contributed by atoms with van der Waals surface area (Å²) >= 11 is 0. The lowest BCUT2D eigenvalue weighted by Gasteiger charge is -1.96. The summed E-state index contributed by atoms with van der Waals surface area (Å²) in [5.74, 6) is 0.114. The molecule has 0 bridgehead atoms. The molecule has 0 unspecified atom stereocenters. The van der Waals surface area contributed by atoms with Crippen LogP contribution in [0, 0.1) is 0 Å². The van der Waals surface area contributed by atoms with Crippen LogP contribution in [0.15, 0.2) is 36.5 Å². The average Bonchev–Trinajstić information content (AvgIpc) is 1.98. The van der Waals surface area contributed by atoms with E-state index in [-0.39, 0.29) is 5.78 Å². The van der Waals surface area contributed by atoms with Crippen molar-refractivity contribution >= 4 is 5.78 Å². The van der Waals surface area contributed by atoms with Gasteiger partial charge >= 0.3 is 0 Å². The summed E-state index contributed by atoms with van der Waals surface area (Å²) in [7, 11) is 0. The van der Waals surface area contributed by atoms with E-state index < -0.39 is 0 Å². The zero-order valence-corrected chi connectivity index (χ0v) is 7.18. The highest BCUT2D eigenvalue weighted by Crippen LogP contribution is 2.04. The maximum atomic E-state index is 11.1. The molecule has 0 fully saturated rings. The number of hydrogen-bond acceptors (Lipinski definition) is 1. The van der Waals surface area contributed by atoms with Gasteiger partial charge in [0.15, 0.2) is 5.78 Å². The molecule has 1 nitrogen and oxygen atoms in total. The summed E-state index contributed by atoms with van der Waals surface area (Å²) in [6.45, 7) is 10.9. The van der Waals surface area contributed by atoms with Gasteiger partial charge in [-0.05, 0) is 13.0 Å². The Balaban J connectivity index is 4.52. The third-order valence-corrected chi connectivity index (χ3v) is 1.26. The highest BCUT2D eigenvalue weighted by molar-refractivity contribution is 5.98. The third-order valence-electron chi connectivity index (χ3n) is 1.26. The quantitative estimate of drug-likeness (QED) is 0.445. The van der Waals surface area contributed by atoms with E-state index in [0.717, 1.165) is 5.57 Å². The van der Waals surface area contributed by atoms with Gasteiger partial charge in [-0.1, -0.05) is 31.7 Å². The number of allylic oxidation sites excluding steroid dienone is 4. The van der Waals surface area contributed by atoms with E-state index in [9.17, 15) is 4.79 Å². The van der Waals surface area contributed by atoms with E-state index in [0.29, 0.717) is 12.0 Å². The van der Waals surface area contributed by atoms with Gasteiger partial charge in [0.1, 0.15) is 0 Å². The Hall–Kier alpha value is -1.11. The molecule has 0 amide bonds. The number of carbonyl (C=O) groups excluding carboxylic acids is 1. The van der Waals surface area contributed by atoms with Crippen molar-refractivity contribution in [2.45, 2.75) is 20.3 Å². The monoisotopic (exact) mass is 150 g/mol. The largest absolute Gasteiger partial charge is 0.294 e. The van der Waals surface area contributed by atoms with Crippen LogP contribution in [0.2, 0.25) is 0 Å². The van der Waals surface area contributed by atoms with Crippen molar-refractivity contribution in [2.24, 2.45) is 0 Å². The van der Waals surface area contributed by atoms with E-state index in [1.54, 1.807) is 12.2 Å². The fraction of sp³-hybridized carbons (Fsp3) is 0.300. The first-order valence-corrected chi connectivity index (χ1v) is 3.64. The molecule has 60 valence electrons. The van der Waals surface area contributed by atoms with E-state index in [4.69, 9.17) is 0 Å². The SMILES string of the molecule is C=C/C(=C/C(=C)C)C(=O)CC. The summed E-state index contributed by atoms with van der Waals surface area (Å²) in [6, 6.07) is 0. The minimum absolute atomic E-state index is 0.114. The number of hydrogen-bond donors (Lipinski definition) is 0. The van der Waals surface area contributed by atoms with Crippen LogP contribution in [0.3, 0.4) is 0 Å². The maximum Gasteiger partial charge on any atom is 0.162 e. The Bertz CT molecular complexity index is 209. The standard InChI is InChI=1S/C10H14O/c1-5-9(7-8(3)4)10(11)6-2/h5,7H,1,3,6H2,2,4H3/b9-7-. The van der Waals surface area contributed by atoms with Crippen molar-refractivity contribution in [1.29, 1.82) is 0 Å². The van der Waals surface area contributed by atoms with Crippen LogP contribution in [0.1, 0.15) is 20.3 Å². The number of ketones is 1. The summed E-state index contributed by atoms with van der Waals surface area (Å²) in [5.41, 5.74) is 1.53. The molecule has 0 aliphatic rings. The highest BCUT2D eigenvalue weighted by Gasteiger charge is 2.00. The molecular weight excluding hydrogens is 136 g/mol. The van der Waals surface area contributed by atoms with E-state index in [2.05, 4.69) is 13.2 Å². The molecule has 0 aliphatic carbocycles. The van der Waals surface area contributed by atoms with Crippen molar-refractivity contribution < 1.29 is 4.79 Å². The van der Waals surface area contributed by atoms with Gasteiger partial charge in [-0.25, -0.2) is 0 Å². The summed E-state index contributed by atoms with van der Waals surface area (Å²) in [5, 5.41) is 0. The Morgan fingerprint density at radius 1 is 1.55 bits per heavy atom. The van der Waals surface area contributed by atoms with Gasteiger partial charge < -0.3 is 0 Å². The first-order valence-electron chi connectivity index (χ1n) is 3.64. The molecular formula is C10H14O. The van der Waals surface area contributed by atoms with Gasteiger partial charge in [0.05, 0.1) is 0 Å². The second kappa shape index (κ2) is 4.67. The van der Waals surface area contributed by atoms with Crippen LogP contribution < -0.4 is 0 Å². The molecule has 11 heavy (non-hydrogen) atoms. The molecule has 0 aliphatic heterocycles. The molecule has 0 heterocycles. The molecule has 0 N–H and O–H groups in total. The van der Waals surface area contributed by atoms with E-state index >= 15 is 0 Å². The highest BCUT2D eigenvalue weighted by atomic mass is 16.1. The lowest BCUT2D eigenvalue weighted by molar-refractivity contribution is -0.114. The molecule has 0 saturated carbocycles. The lowest BCUT2D eigenvalue weighted by atomic mass is 10.1. The van der Waals surface area contributed by atoms with E-state index in [1.807, 2.05) is 13.8 Å². The van der Waals surface area contributed by atoms with Crippen LogP contribution in [0.4, 0.5) is 0 Å². The van der Waals surface area contributed by atoms with Crippen LogP contribution in [0.25, 0.3) is 0 Å². The lowest BCUT2D eigenvalue weighted by Crippen LogP contribution is -1.97. The average molecular weight is 150 g/mol. The van der Waals surface area contributed by atoms with E-state index in [1.165, 1.54) is 0 Å². The predicted octanol–water partition coefficient (Wildman–Crippen LogP) is 2.65. The molecule has 0 spiro atoms. The molecule has 0 aromatic rings. The van der Waals surface area contributed by atoms with Gasteiger partial charge in [0.25, 0.3) is 0 Å². The van der Waals surface area contributed by atoms with Crippen LogP contribution >= 0.6 is 0 Å². The van der Waals surface area contributed by atoms with Gasteiger partial charge in [-0.15, -0.1) is 0 Å². The van der Waals surface area contributed by atoms with Crippen LogP contribution in [-0.4, -0.2) is 5.78 Å². The second-order valence-corrected chi connectivity index (χ2v) is 2.43. The zero-order chi connectivity index (χ0) is 8.85. The molecule has 0 aromatic carbocycles. The second-order valence-electron chi connectivity index (χ2n) is 2.43. The molecule has 0 radical (unpaired) electrons. The van der Waals surface area contributed by atoms with Crippen molar-refractivity contribution in [3.63, 3.8) is 0 Å². The van der Waals surface area contributed by atoms with Crippen LogP contribution in [0.5, 0.6) is 0 Å². The fourth-order valence-corrected chi connectivity index (χ4v) is 0.723. The Labute approximate surface area is 68.1 Å². The summed E-state index contributed by atoms with van der Waals surface area (Å²) in [6.07, 6.45) is 3.84. The van der Waals surface area contributed by atoms with Crippen molar-refractivity contribution in [2.75, 3.05) is 0 Å². The van der Waals surface area contributed by atoms with Gasteiger partial charge in [0.2, 0.25) is 0 Å². The summed E-state index contributed by atoms with van der Waals surface area (Å²) < 4.78 is 0. The van der Waals surface area contributed by atoms with Gasteiger partial charge in [-0.3, -0.25) is 4.79 Å². The smallest absolute Gasteiger partial charge is 0.162 e. The zero-order valence-electron chi connectivity index (χ0n) is 7.18. The number of rotatable bonds is 4. The minimum Gasteiger partial charge on any atom is -0.294 e. The van der Waals surface area contributed by atoms with Gasteiger partial charge in [-0.2, -0.15) is 0 Å². The molecule has 0 rings (SSSR count). The summed E-state index contributed by atoms with van der Waals surface area (Å²) in [4.78, 5) is 11.1. The molecule has 0 aromatic heterocycles. The van der Waals surface area contributed by atoms with Crippen molar-refractivity contribution in [3.8, 4) is 0 Å². The Morgan fingerprint density at radius 3 is 2.36 bits per heavy atom. The third kappa shape index (κ3) is 3.56. The topological polar surface area (TPSA) is 17.1 Å².